The molecule has 0 spiro atoms. The smallest absolute Gasteiger partial charge is 0.272 e. The van der Waals surface area contributed by atoms with Gasteiger partial charge in [-0.15, -0.1) is 0 Å². The van der Waals surface area contributed by atoms with Crippen LogP contribution in [0.5, 0.6) is 11.5 Å². The Morgan fingerprint density at radius 1 is 0.774 bits per heavy atom. The molecule has 9 heteroatoms. The standard InChI is InChI=1S/C22H24F2O7/c1-2-25-22-30-20-18(11-26-16-7-3-14(23)4-8-16)28-13-29-19(21(20)31-22)12-27-17-9-5-15(24)6-10-17/h3-10,18-22H,2,11-13H2,1H3/t18-,19-,20-,21-/m1/s1. The maximum atomic E-state index is 13.1. The molecule has 2 aromatic carbocycles. The molecule has 0 N–H and O–H groups in total. The molecule has 0 radical (unpaired) electrons. The molecule has 4 rings (SSSR count). The fourth-order valence-electron chi connectivity index (χ4n) is 3.36. The summed E-state index contributed by atoms with van der Waals surface area (Å²) in [5, 5.41) is 0. The number of benzene rings is 2. The van der Waals surface area contributed by atoms with Crippen LogP contribution in [0.1, 0.15) is 6.92 Å². The molecule has 2 heterocycles. The number of rotatable bonds is 8. The Morgan fingerprint density at radius 2 is 1.23 bits per heavy atom. The summed E-state index contributed by atoms with van der Waals surface area (Å²) in [5.74, 6) is 0.316. The van der Waals surface area contributed by atoms with Crippen LogP contribution in [0.2, 0.25) is 0 Å². The van der Waals surface area contributed by atoms with Crippen LogP contribution in [0.25, 0.3) is 0 Å². The van der Waals surface area contributed by atoms with E-state index in [9.17, 15) is 8.78 Å². The van der Waals surface area contributed by atoms with Crippen molar-refractivity contribution >= 4 is 0 Å². The van der Waals surface area contributed by atoms with Crippen molar-refractivity contribution in [2.45, 2.75) is 37.8 Å². The highest BCUT2D eigenvalue weighted by atomic mass is 19.1. The van der Waals surface area contributed by atoms with E-state index in [1.54, 1.807) is 0 Å². The Balaban J connectivity index is 1.42. The zero-order chi connectivity index (χ0) is 21.6. The number of ether oxygens (including phenoxy) is 7. The third kappa shape index (κ3) is 5.69. The Kier molecular flexibility index (Phi) is 7.31. The van der Waals surface area contributed by atoms with Crippen LogP contribution in [-0.2, 0) is 23.7 Å². The normalized spacial score (nSPS) is 26.3. The molecule has 2 aliphatic heterocycles. The molecule has 31 heavy (non-hydrogen) atoms. The Bertz CT molecular complexity index is 752. The van der Waals surface area contributed by atoms with Gasteiger partial charge < -0.3 is 33.2 Å². The first-order valence-electron chi connectivity index (χ1n) is 10.0. The lowest BCUT2D eigenvalue weighted by Crippen LogP contribution is -2.45. The van der Waals surface area contributed by atoms with Crippen molar-refractivity contribution in [1.29, 1.82) is 0 Å². The van der Waals surface area contributed by atoms with Gasteiger partial charge in [-0.3, -0.25) is 0 Å². The van der Waals surface area contributed by atoms with Crippen molar-refractivity contribution in [3.63, 3.8) is 0 Å². The minimum absolute atomic E-state index is 0.0199. The molecule has 168 valence electrons. The molecule has 0 saturated carbocycles. The van der Waals surface area contributed by atoms with Gasteiger partial charge >= 0.3 is 0 Å². The molecule has 7 nitrogen and oxygen atoms in total. The van der Waals surface area contributed by atoms with E-state index in [0.717, 1.165) is 0 Å². The molecule has 2 aliphatic rings. The third-order valence-electron chi connectivity index (χ3n) is 4.92. The minimum Gasteiger partial charge on any atom is -0.491 e. The number of fused-ring (bicyclic) bond motifs is 1. The lowest BCUT2D eigenvalue weighted by molar-refractivity contribution is -0.261. The minimum atomic E-state index is -0.869. The van der Waals surface area contributed by atoms with Gasteiger partial charge in [0.25, 0.3) is 6.48 Å². The lowest BCUT2D eigenvalue weighted by atomic mass is 10.0. The van der Waals surface area contributed by atoms with Gasteiger partial charge in [-0.2, -0.15) is 0 Å². The molecule has 2 aromatic rings. The van der Waals surface area contributed by atoms with Gasteiger partial charge in [-0.05, 0) is 55.5 Å². The van der Waals surface area contributed by atoms with Crippen molar-refractivity contribution < 1.29 is 41.9 Å². The van der Waals surface area contributed by atoms with Crippen molar-refractivity contribution in [2.75, 3.05) is 26.6 Å². The van der Waals surface area contributed by atoms with Crippen molar-refractivity contribution in [3.8, 4) is 11.5 Å². The predicted octanol–water partition coefficient (Wildman–Crippen LogP) is 3.27. The summed E-state index contributed by atoms with van der Waals surface area (Å²) in [6.07, 6.45) is -2.12. The molecule has 0 unspecified atom stereocenters. The quantitative estimate of drug-likeness (QED) is 0.627. The monoisotopic (exact) mass is 438 g/mol. The summed E-state index contributed by atoms with van der Waals surface area (Å²) in [6, 6.07) is 11.4. The summed E-state index contributed by atoms with van der Waals surface area (Å²) >= 11 is 0. The van der Waals surface area contributed by atoms with Gasteiger partial charge in [0.15, 0.2) is 0 Å². The summed E-state index contributed by atoms with van der Waals surface area (Å²) < 4.78 is 66.6. The Labute approximate surface area is 178 Å². The van der Waals surface area contributed by atoms with E-state index in [-0.39, 0.29) is 31.6 Å². The zero-order valence-corrected chi connectivity index (χ0v) is 16.9. The average molecular weight is 438 g/mol. The number of hydrogen-bond donors (Lipinski definition) is 0. The first-order valence-corrected chi connectivity index (χ1v) is 10.0. The van der Waals surface area contributed by atoms with Crippen molar-refractivity contribution in [2.24, 2.45) is 0 Å². The molecule has 2 fully saturated rings. The highest BCUT2D eigenvalue weighted by Gasteiger charge is 2.49. The summed E-state index contributed by atoms with van der Waals surface area (Å²) in [6.45, 7) is 1.63. The highest BCUT2D eigenvalue weighted by Crippen LogP contribution is 2.31. The first-order chi connectivity index (χ1) is 15.1. The predicted molar refractivity (Wildman–Crippen MR) is 104 cm³/mol. The van der Waals surface area contributed by atoms with E-state index in [1.165, 1.54) is 48.5 Å². The molecule has 0 aromatic heterocycles. The number of hydrogen-bond acceptors (Lipinski definition) is 7. The van der Waals surface area contributed by atoms with Gasteiger partial charge in [-0.25, -0.2) is 8.78 Å². The summed E-state index contributed by atoms with van der Waals surface area (Å²) in [4.78, 5) is 0. The first kappa shape index (κ1) is 21.9. The van der Waals surface area contributed by atoms with E-state index in [4.69, 9.17) is 33.2 Å². The van der Waals surface area contributed by atoms with Gasteiger partial charge in [0, 0.05) is 6.61 Å². The third-order valence-corrected chi connectivity index (χ3v) is 4.92. The van der Waals surface area contributed by atoms with Gasteiger partial charge in [0.1, 0.15) is 67.6 Å². The molecule has 0 bridgehead atoms. The van der Waals surface area contributed by atoms with Crippen molar-refractivity contribution in [1.82, 2.24) is 0 Å². The maximum Gasteiger partial charge on any atom is 0.272 e. The fraction of sp³-hybridized carbons (Fsp3) is 0.455. The van der Waals surface area contributed by atoms with Gasteiger partial charge in [0.05, 0.1) is 0 Å². The van der Waals surface area contributed by atoms with Crippen LogP contribution in [0.15, 0.2) is 48.5 Å². The number of halogens is 2. The van der Waals surface area contributed by atoms with E-state index < -0.39 is 30.9 Å². The van der Waals surface area contributed by atoms with Gasteiger partial charge in [-0.1, -0.05) is 0 Å². The van der Waals surface area contributed by atoms with Gasteiger partial charge in [0.2, 0.25) is 0 Å². The second-order valence-electron chi connectivity index (χ2n) is 7.00. The van der Waals surface area contributed by atoms with Crippen LogP contribution in [0.3, 0.4) is 0 Å². The summed E-state index contributed by atoms with van der Waals surface area (Å²) in [7, 11) is 0. The topological polar surface area (TPSA) is 64.6 Å². The van der Waals surface area contributed by atoms with Crippen molar-refractivity contribution in [3.05, 3.63) is 60.2 Å². The zero-order valence-electron chi connectivity index (χ0n) is 16.9. The summed E-state index contributed by atoms with van der Waals surface area (Å²) in [5.41, 5.74) is 0. The van der Waals surface area contributed by atoms with Crippen LogP contribution < -0.4 is 9.47 Å². The molecule has 0 amide bonds. The van der Waals surface area contributed by atoms with E-state index in [0.29, 0.717) is 18.1 Å². The largest absolute Gasteiger partial charge is 0.491 e. The van der Waals surface area contributed by atoms with Crippen LogP contribution in [0.4, 0.5) is 8.78 Å². The van der Waals surface area contributed by atoms with E-state index in [1.807, 2.05) is 6.92 Å². The molecule has 2 saturated heterocycles. The van der Waals surface area contributed by atoms with E-state index >= 15 is 0 Å². The van der Waals surface area contributed by atoms with Crippen LogP contribution >= 0.6 is 0 Å². The lowest BCUT2D eigenvalue weighted by Gasteiger charge is -2.25. The van der Waals surface area contributed by atoms with Crippen LogP contribution in [0, 0.1) is 11.6 Å². The average Bonchev–Trinajstić information content (AvgIpc) is 3.12. The Hall–Kier alpha value is -2.30. The molecule has 4 atom stereocenters. The fourth-order valence-corrected chi connectivity index (χ4v) is 3.36. The second kappa shape index (κ2) is 10.3. The SMILES string of the molecule is CCOC1O[C@H]2[C@H](O1)[C@@H](COc1ccc(F)cc1)OCO[C@@H]2COc1ccc(F)cc1. The molecule has 0 aliphatic carbocycles. The van der Waals surface area contributed by atoms with Crippen LogP contribution in [-0.4, -0.2) is 57.5 Å². The highest BCUT2D eigenvalue weighted by molar-refractivity contribution is 5.23. The second-order valence-corrected chi connectivity index (χ2v) is 7.00. The molecular formula is C22H24F2O7. The van der Waals surface area contributed by atoms with E-state index in [2.05, 4.69) is 0 Å². The Morgan fingerprint density at radius 3 is 1.65 bits per heavy atom. The molecular weight excluding hydrogens is 414 g/mol. The maximum absolute atomic E-state index is 13.1.